The Morgan fingerprint density at radius 3 is 2.86 bits per heavy atom. The molecule has 0 radical (unpaired) electrons. The van der Waals surface area contributed by atoms with Crippen LogP contribution in [0.3, 0.4) is 0 Å². The zero-order valence-electron chi connectivity index (χ0n) is 12.9. The minimum atomic E-state index is -0.0376. The largest absolute Gasteiger partial charge is 0.352 e. The number of aromatic nitrogens is 3. The Bertz CT molecular complexity index is 834. The first-order valence-electron chi connectivity index (χ1n) is 7.20. The van der Waals surface area contributed by atoms with Crippen molar-refractivity contribution in [2.75, 3.05) is 6.54 Å². The van der Waals surface area contributed by atoms with Gasteiger partial charge in [0.2, 0.25) is 4.96 Å². The van der Waals surface area contributed by atoms with Crippen molar-refractivity contribution < 1.29 is 4.79 Å². The second-order valence-corrected chi connectivity index (χ2v) is 6.22. The molecule has 6 heteroatoms. The van der Waals surface area contributed by atoms with Crippen molar-refractivity contribution in [1.82, 2.24) is 19.9 Å². The monoisotopic (exact) mass is 314 g/mol. The molecule has 1 N–H and O–H groups in total. The zero-order chi connectivity index (χ0) is 15.7. The van der Waals surface area contributed by atoms with Crippen LogP contribution in [0.1, 0.15) is 33.0 Å². The van der Waals surface area contributed by atoms with Crippen molar-refractivity contribution in [2.24, 2.45) is 0 Å². The molecule has 0 atom stereocenters. The summed E-state index contributed by atoms with van der Waals surface area (Å²) in [5, 5.41) is 9.35. The molecule has 0 aliphatic carbocycles. The van der Waals surface area contributed by atoms with Crippen LogP contribution in [0.15, 0.2) is 23.6 Å². The number of thiazole rings is 1. The van der Waals surface area contributed by atoms with Crippen LogP contribution in [0.4, 0.5) is 0 Å². The van der Waals surface area contributed by atoms with Crippen molar-refractivity contribution in [3.8, 4) is 0 Å². The SMILES string of the molecule is Cc1nc2scc(CCNC(=O)c3ccc(C)c(C)c3)n2n1. The summed E-state index contributed by atoms with van der Waals surface area (Å²) in [6.07, 6.45) is 0.735. The molecule has 0 aliphatic heterocycles. The third-order valence-electron chi connectivity index (χ3n) is 3.69. The molecule has 0 unspecified atom stereocenters. The van der Waals surface area contributed by atoms with Gasteiger partial charge in [-0.2, -0.15) is 5.10 Å². The number of fused-ring (bicyclic) bond motifs is 1. The smallest absolute Gasteiger partial charge is 0.251 e. The summed E-state index contributed by atoms with van der Waals surface area (Å²) in [5.41, 5.74) is 4.10. The first kappa shape index (κ1) is 14.7. The summed E-state index contributed by atoms with van der Waals surface area (Å²) in [7, 11) is 0. The van der Waals surface area contributed by atoms with Gasteiger partial charge < -0.3 is 5.32 Å². The number of carbonyl (C=O) groups excluding carboxylic acids is 1. The highest BCUT2D eigenvalue weighted by atomic mass is 32.1. The molecule has 3 aromatic rings. The van der Waals surface area contributed by atoms with Gasteiger partial charge in [-0.25, -0.2) is 9.50 Å². The molecule has 1 amide bonds. The van der Waals surface area contributed by atoms with Gasteiger partial charge in [-0.05, 0) is 44.0 Å². The molecule has 3 rings (SSSR count). The van der Waals surface area contributed by atoms with Crippen LogP contribution in [0.5, 0.6) is 0 Å². The standard InChI is InChI=1S/C16H18N4OS/c1-10-4-5-13(8-11(10)2)15(21)17-7-6-14-9-22-16-18-12(3)19-20(14)16/h4-5,8-9H,6-7H2,1-3H3,(H,17,21). The van der Waals surface area contributed by atoms with Gasteiger partial charge in [-0.3, -0.25) is 4.79 Å². The van der Waals surface area contributed by atoms with Crippen LogP contribution < -0.4 is 5.32 Å². The maximum absolute atomic E-state index is 12.2. The highest BCUT2D eigenvalue weighted by molar-refractivity contribution is 7.15. The number of aryl methyl sites for hydroxylation is 3. The molecule has 114 valence electrons. The molecule has 2 heterocycles. The Morgan fingerprint density at radius 2 is 2.09 bits per heavy atom. The van der Waals surface area contributed by atoms with E-state index in [4.69, 9.17) is 0 Å². The number of amides is 1. The Morgan fingerprint density at radius 1 is 1.27 bits per heavy atom. The topological polar surface area (TPSA) is 59.3 Å². The lowest BCUT2D eigenvalue weighted by atomic mass is 10.1. The average molecular weight is 314 g/mol. The zero-order valence-corrected chi connectivity index (χ0v) is 13.7. The predicted molar refractivity (Wildman–Crippen MR) is 87.6 cm³/mol. The fourth-order valence-corrected chi connectivity index (χ4v) is 3.19. The number of rotatable bonds is 4. The molecule has 1 aromatic carbocycles. The van der Waals surface area contributed by atoms with E-state index in [1.165, 1.54) is 5.56 Å². The van der Waals surface area contributed by atoms with Crippen LogP contribution >= 0.6 is 11.3 Å². The van der Waals surface area contributed by atoms with E-state index < -0.39 is 0 Å². The molecule has 0 fully saturated rings. The van der Waals surface area contributed by atoms with E-state index >= 15 is 0 Å². The highest BCUT2D eigenvalue weighted by Crippen LogP contribution is 2.14. The van der Waals surface area contributed by atoms with E-state index in [1.807, 2.05) is 48.9 Å². The first-order chi connectivity index (χ1) is 10.5. The molecule has 5 nitrogen and oxygen atoms in total. The predicted octanol–water partition coefficient (Wildman–Crippen LogP) is 2.69. The van der Waals surface area contributed by atoms with Gasteiger partial charge in [0.25, 0.3) is 5.91 Å². The summed E-state index contributed by atoms with van der Waals surface area (Å²) in [5.74, 6) is 0.733. The van der Waals surface area contributed by atoms with E-state index in [9.17, 15) is 4.79 Å². The van der Waals surface area contributed by atoms with Crippen molar-refractivity contribution in [1.29, 1.82) is 0 Å². The molecule has 0 saturated heterocycles. The van der Waals surface area contributed by atoms with E-state index in [2.05, 4.69) is 15.4 Å². The van der Waals surface area contributed by atoms with Crippen LogP contribution in [0.2, 0.25) is 0 Å². The molecule has 22 heavy (non-hydrogen) atoms. The number of hydrogen-bond donors (Lipinski definition) is 1. The number of nitrogens with one attached hydrogen (secondary N) is 1. The van der Waals surface area contributed by atoms with Gasteiger partial charge in [-0.15, -0.1) is 11.3 Å². The van der Waals surface area contributed by atoms with Crippen molar-refractivity contribution in [2.45, 2.75) is 27.2 Å². The van der Waals surface area contributed by atoms with Gasteiger partial charge in [-0.1, -0.05) is 6.07 Å². The van der Waals surface area contributed by atoms with Crippen molar-refractivity contribution >= 4 is 22.2 Å². The number of carbonyl (C=O) groups is 1. The summed E-state index contributed by atoms with van der Waals surface area (Å²) >= 11 is 1.57. The Balaban J connectivity index is 1.62. The molecular formula is C16H18N4OS. The quantitative estimate of drug-likeness (QED) is 0.805. The van der Waals surface area contributed by atoms with E-state index in [0.29, 0.717) is 12.1 Å². The third kappa shape index (κ3) is 2.87. The molecule has 0 spiro atoms. The lowest BCUT2D eigenvalue weighted by Gasteiger charge is -2.07. The maximum Gasteiger partial charge on any atom is 0.251 e. The Labute approximate surface area is 133 Å². The lowest BCUT2D eigenvalue weighted by Crippen LogP contribution is -2.26. The molecule has 0 saturated carbocycles. The molecule has 2 aromatic heterocycles. The fourth-order valence-electron chi connectivity index (χ4n) is 2.28. The lowest BCUT2D eigenvalue weighted by molar-refractivity contribution is 0.0954. The van der Waals surface area contributed by atoms with E-state index in [0.717, 1.165) is 28.5 Å². The van der Waals surface area contributed by atoms with Crippen molar-refractivity contribution in [3.63, 3.8) is 0 Å². The first-order valence-corrected chi connectivity index (χ1v) is 8.08. The van der Waals surface area contributed by atoms with Crippen LogP contribution in [-0.4, -0.2) is 27.0 Å². The average Bonchev–Trinajstić information content (AvgIpc) is 3.02. The van der Waals surface area contributed by atoms with E-state index in [1.54, 1.807) is 11.3 Å². The Kier molecular flexibility index (Phi) is 3.94. The normalized spacial score (nSPS) is 11.0. The van der Waals surface area contributed by atoms with Gasteiger partial charge in [0.1, 0.15) is 5.82 Å². The summed E-state index contributed by atoms with van der Waals surface area (Å²) in [4.78, 5) is 17.4. The summed E-state index contributed by atoms with van der Waals surface area (Å²) < 4.78 is 1.85. The second-order valence-electron chi connectivity index (χ2n) is 5.39. The summed E-state index contributed by atoms with van der Waals surface area (Å²) in [6, 6.07) is 5.76. The number of nitrogens with zero attached hydrogens (tertiary/aromatic N) is 3. The highest BCUT2D eigenvalue weighted by Gasteiger charge is 2.09. The number of benzene rings is 1. The summed E-state index contributed by atoms with van der Waals surface area (Å²) in [6.45, 7) is 6.52. The van der Waals surface area contributed by atoms with Crippen LogP contribution in [-0.2, 0) is 6.42 Å². The maximum atomic E-state index is 12.2. The van der Waals surface area contributed by atoms with E-state index in [-0.39, 0.29) is 5.91 Å². The minimum absolute atomic E-state index is 0.0376. The van der Waals surface area contributed by atoms with Gasteiger partial charge in [0.05, 0.1) is 5.69 Å². The number of hydrogen-bond acceptors (Lipinski definition) is 4. The third-order valence-corrected chi connectivity index (χ3v) is 4.56. The van der Waals surface area contributed by atoms with Crippen molar-refractivity contribution in [3.05, 3.63) is 51.8 Å². The van der Waals surface area contributed by atoms with Gasteiger partial charge in [0, 0.05) is 23.9 Å². The van der Waals surface area contributed by atoms with Gasteiger partial charge in [0.15, 0.2) is 0 Å². The molecule has 0 bridgehead atoms. The Hall–Kier alpha value is -2.21. The molecule has 0 aliphatic rings. The fraction of sp³-hybridized carbons (Fsp3) is 0.312. The minimum Gasteiger partial charge on any atom is -0.352 e. The van der Waals surface area contributed by atoms with Gasteiger partial charge >= 0.3 is 0 Å². The van der Waals surface area contributed by atoms with Crippen LogP contribution in [0.25, 0.3) is 4.96 Å². The molecular weight excluding hydrogens is 296 g/mol. The second kappa shape index (κ2) is 5.88. The van der Waals surface area contributed by atoms with Crippen LogP contribution in [0, 0.1) is 20.8 Å².